The second-order valence-electron chi connectivity index (χ2n) is 5.96. The zero-order valence-corrected chi connectivity index (χ0v) is 14.5. The Balaban J connectivity index is 1.81. The van der Waals surface area contributed by atoms with Crippen LogP contribution in [-0.4, -0.2) is 22.0 Å². The molecular formula is C17H17ClN2O3S. The Morgan fingerprint density at radius 2 is 1.92 bits per heavy atom. The number of carboxylic acid groups (broad SMARTS) is 1. The van der Waals surface area contributed by atoms with E-state index in [1.54, 1.807) is 17.5 Å². The van der Waals surface area contributed by atoms with Crippen molar-refractivity contribution < 1.29 is 14.7 Å². The zero-order chi connectivity index (χ0) is 17.2. The van der Waals surface area contributed by atoms with E-state index >= 15 is 0 Å². The lowest BCUT2D eigenvalue weighted by Gasteiger charge is -2.27. The average molecular weight is 365 g/mol. The van der Waals surface area contributed by atoms with Crippen LogP contribution in [0.5, 0.6) is 0 Å². The third kappa shape index (κ3) is 3.44. The molecule has 24 heavy (non-hydrogen) atoms. The second kappa shape index (κ2) is 6.91. The number of hydrogen-bond acceptors (Lipinski definition) is 4. The highest BCUT2D eigenvalue weighted by molar-refractivity contribution is 7.14. The van der Waals surface area contributed by atoms with Gasteiger partial charge in [-0.1, -0.05) is 36.6 Å². The van der Waals surface area contributed by atoms with Crippen LogP contribution in [0.15, 0.2) is 29.6 Å². The Bertz CT molecular complexity index is 751. The lowest BCUT2D eigenvalue weighted by molar-refractivity contribution is -0.136. The zero-order valence-electron chi connectivity index (χ0n) is 12.9. The molecule has 1 fully saturated rings. The summed E-state index contributed by atoms with van der Waals surface area (Å²) in [5, 5.41) is 14.4. The fourth-order valence-electron chi connectivity index (χ4n) is 3.21. The van der Waals surface area contributed by atoms with Gasteiger partial charge in [0.2, 0.25) is 5.91 Å². The number of anilines is 1. The molecule has 1 heterocycles. The summed E-state index contributed by atoms with van der Waals surface area (Å²) in [6.07, 6.45) is 3.42. The molecule has 1 amide bonds. The number of thiazole rings is 1. The summed E-state index contributed by atoms with van der Waals surface area (Å²) >= 11 is 7.21. The normalized spacial score (nSPS) is 16.0. The SMILES string of the molecule is O=C(O)Cc1csc(NC(=O)C2(c3ccc(Cl)cc3)CCCC2)n1. The minimum absolute atomic E-state index is 0.0847. The standard InChI is InChI=1S/C17H17ClN2O3S/c18-12-5-3-11(4-6-12)17(7-1-2-8-17)15(23)20-16-19-13(10-24-16)9-14(21)22/h3-6,10H,1-2,7-9H2,(H,21,22)(H,19,20,23). The molecule has 0 atom stereocenters. The van der Waals surface area contributed by atoms with E-state index in [4.69, 9.17) is 16.7 Å². The number of nitrogens with one attached hydrogen (secondary N) is 1. The van der Waals surface area contributed by atoms with Crippen LogP contribution in [0, 0.1) is 0 Å². The Hall–Kier alpha value is -1.92. The maximum atomic E-state index is 13.0. The highest BCUT2D eigenvalue weighted by atomic mass is 35.5. The highest BCUT2D eigenvalue weighted by Gasteiger charge is 2.42. The van der Waals surface area contributed by atoms with E-state index in [1.165, 1.54) is 11.3 Å². The van der Waals surface area contributed by atoms with Crippen molar-refractivity contribution in [1.82, 2.24) is 4.98 Å². The Kier molecular flexibility index (Phi) is 4.87. The third-order valence-corrected chi connectivity index (χ3v) is 5.45. The number of carbonyl (C=O) groups is 2. The van der Waals surface area contributed by atoms with Crippen LogP contribution in [0.1, 0.15) is 36.9 Å². The number of aliphatic carboxylic acids is 1. The molecule has 7 heteroatoms. The van der Waals surface area contributed by atoms with Gasteiger partial charge < -0.3 is 10.4 Å². The maximum absolute atomic E-state index is 13.0. The van der Waals surface area contributed by atoms with Gasteiger partial charge in [0.15, 0.2) is 5.13 Å². The monoisotopic (exact) mass is 364 g/mol. The molecule has 0 aliphatic heterocycles. The Morgan fingerprint density at radius 1 is 1.25 bits per heavy atom. The number of nitrogens with zero attached hydrogens (tertiary/aromatic N) is 1. The third-order valence-electron chi connectivity index (χ3n) is 4.39. The summed E-state index contributed by atoms with van der Waals surface area (Å²) in [5.74, 6) is -1.02. The quantitative estimate of drug-likeness (QED) is 0.843. The Labute approximate surface area is 148 Å². The van der Waals surface area contributed by atoms with Crippen molar-refractivity contribution >= 4 is 39.9 Å². The van der Waals surface area contributed by atoms with E-state index in [-0.39, 0.29) is 12.3 Å². The van der Waals surface area contributed by atoms with E-state index in [9.17, 15) is 9.59 Å². The molecular weight excluding hydrogens is 348 g/mol. The summed E-state index contributed by atoms with van der Waals surface area (Å²) in [7, 11) is 0. The molecule has 0 saturated heterocycles. The van der Waals surface area contributed by atoms with Crippen LogP contribution in [0.4, 0.5) is 5.13 Å². The van der Waals surface area contributed by atoms with Crippen molar-refractivity contribution in [3.05, 3.63) is 45.9 Å². The van der Waals surface area contributed by atoms with Gasteiger partial charge in [-0.3, -0.25) is 9.59 Å². The van der Waals surface area contributed by atoms with E-state index in [0.717, 1.165) is 31.2 Å². The van der Waals surface area contributed by atoms with Gasteiger partial charge in [0.25, 0.3) is 0 Å². The van der Waals surface area contributed by atoms with Gasteiger partial charge in [0.05, 0.1) is 17.5 Å². The molecule has 126 valence electrons. The molecule has 1 aliphatic rings. The average Bonchev–Trinajstić information content (AvgIpc) is 3.18. The predicted molar refractivity (Wildman–Crippen MR) is 93.7 cm³/mol. The lowest BCUT2D eigenvalue weighted by Crippen LogP contribution is -2.37. The van der Waals surface area contributed by atoms with Gasteiger partial charge in [-0.15, -0.1) is 11.3 Å². The second-order valence-corrected chi connectivity index (χ2v) is 7.26. The van der Waals surface area contributed by atoms with Gasteiger partial charge in [-0.2, -0.15) is 0 Å². The fraction of sp³-hybridized carbons (Fsp3) is 0.353. The summed E-state index contributed by atoms with van der Waals surface area (Å²) in [6, 6.07) is 7.42. The van der Waals surface area contributed by atoms with Gasteiger partial charge in [0, 0.05) is 10.4 Å². The minimum atomic E-state index is -0.938. The largest absolute Gasteiger partial charge is 0.481 e. The van der Waals surface area contributed by atoms with E-state index in [1.807, 2.05) is 12.1 Å². The molecule has 1 aromatic carbocycles. The molecule has 1 aliphatic carbocycles. The van der Waals surface area contributed by atoms with E-state index in [0.29, 0.717) is 15.8 Å². The summed E-state index contributed by atoms with van der Waals surface area (Å²) < 4.78 is 0. The number of rotatable bonds is 5. The fourth-order valence-corrected chi connectivity index (χ4v) is 4.04. The number of benzene rings is 1. The first-order valence-electron chi connectivity index (χ1n) is 7.73. The molecule has 0 bridgehead atoms. The van der Waals surface area contributed by atoms with Crippen LogP contribution in [0.25, 0.3) is 0 Å². The van der Waals surface area contributed by atoms with E-state index < -0.39 is 11.4 Å². The van der Waals surface area contributed by atoms with Gasteiger partial charge in [-0.05, 0) is 30.5 Å². The molecule has 5 nitrogen and oxygen atoms in total. The first-order chi connectivity index (χ1) is 11.5. The van der Waals surface area contributed by atoms with Gasteiger partial charge in [-0.25, -0.2) is 4.98 Å². The summed E-state index contributed by atoms with van der Waals surface area (Å²) in [4.78, 5) is 27.9. The van der Waals surface area contributed by atoms with Gasteiger partial charge in [0.1, 0.15) is 0 Å². The molecule has 0 unspecified atom stereocenters. The number of amides is 1. The molecule has 2 N–H and O–H groups in total. The minimum Gasteiger partial charge on any atom is -0.481 e. The number of aromatic nitrogens is 1. The summed E-state index contributed by atoms with van der Waals surface area (Å²) in [6.45, 7) is 0. The maximum Gasteiger partial charge on any atom is 0.309 e. The lowest BCUT2D eigenvalue weighted by atomic mass is 9.78. The van der Waals surface area contributed by atoms with Crippen molar-refractivity contribution in [2.45, 2.75) is 37.5 Å². The molecule has 0 radical (unpaired) electrons. The Morgan fingerprint density at radius 3 is 2.54 bits per heavy atom. The number of carbonyl (C=O) groups excluding carboxylic acids is 1. The molecule has 3 rings (SSSR count). The molecule has 1 aromatic heterocycles. The highest BCUT2D eigenvalue weighted by Crippen LogP contribution is 2.42. The molecule has 1 saturated carbocycles. The molecule has 0 spiro atoms. The van der Waals surface area contributed by atoms with Crippen molar-refractivity contribution in [1.29, 1.82) is 0 Å². The van der Waals surface area contributed by atoms with Crippen LogP contribution in [-0.2, 0) is 21.4 Å². The number of halogens is 1. The summed E-state index contributed by atoms with van der Waals surface area (Å²) in [5.41, 5.74) is 0.849. The van der Waals surface area contributed by atoms with Crippen LogP contribution in [0.2, 0.25) is 5.02 Å². The first-order valence-corrected chi connectivity index (χ1v) is 8.99. The predicted octanol–water partition coefficient (Wildman–Crippen LogP) is 3.87. The van der Waals surface area contributed by atoms with Crippen LogP contribution >= 0.6 is 22.9 Å². The first kappa shape index (κ1) is 16.9. The van der Waals surface area contributed by atoms with Crippen LogP contribution < -0.4 is 5.32 Å². The number of hydrogen-bond donors (Lipinski definition) is 2. The number of carboxylic acids is 1. The van der Waals surface area contributed by atoms with Crippen molar-refractivity contribution in [2.24, 2.45) is 0 Å². The van der Waals surface area contributed by atoms with Crippen LogP contribution in [0.3, 0.4) is 0 Å². The van der Waals surface area contributed by atoms with Crippen molar-refractivity contribution in [2.75, 3.05) is 5.32 Å². The van der Waals surface area contributed by atoms with E-state index in [2.05, 4.69) is 10.3 Å². The topological polar surface area (TPSA) is 79.3 Å². The molecule has 2 aromatic rings. The van der Waals surface area contributed by atoms with Crippen molar-refractivity contribution in [3.8, 4) is 0 Å². The van der Waals surface area contributed by atoms with Gasteiger partial charge >= 0.3 is 5.97 Å². The van der Waals surface area contributed by atoms with Crippen molar-refractivity contribution in [3.63, 3.8) is 0 Å². The smallest absolute Gasteiger partial charge is 0.309 e.